The summed E-state index contributed by atoms with van der Waals surface area (Å²) in [7, 11) is 0. The van der Waals surface area contributed by atoms with Crippen molar-refractivity contribution in [2.24, 2.45) is 0 Å². The maximum atomic E-state index is 14.1. The molecule has 0 saturated carbocycles. The minimum atomic E-state index is -1.71. The van der Waals surface area contributed by atoms with Crippen molar-refractivity contribution >= 4 is 23.1 Å². The standard InChI is InChI=1S/C22H23FN6O4/c1-12(21(31)32)28-16-7-17(18-5-4-14-6-13(8-24)9-27-29(14)18)25-10-15(16)20(30)26-11-19(23)22(2,3)33/h4-7,9-10,12,19,33H,11H2,1-3H3,(H,25,28)(H,26,30)(H,31,32)/t12-,19+/m0/s1. The number of nitrogens with one attached hydrogen (secondary N) is 2. The summed E-state index contributed by atoms with van der Waals surface area (Å²) in [4.78, 5) is 28.4. The van der Waals surface area contributed by atoms with E-state index < -0.39 is 36.2 Å². The molecule has 3 aromatic rings. The van der Waals surface area contributed by atoms with Crippen LogP contribution < -0.4 is 10.6 Å². The number of hydrogen-bond donors (Lipinski definition) is 4. The number of rotatable bonds is 8. The van der Waals surface area contributed by atoms with E-state index in [-0.39, 0.29) is 11.3 Å². The van der Waals surface area contributed by atoms with E-state index in [0.29, 0.717) is 22.5 Å². The molecule has 33 heavy (non-hydrogen) atoms. The number of aliphatic hydroxyl groups is 1. The summed E-state index contributed by atoms with van der Waals surface area (Å²) in [5.74, 6) is -1.82. The number of aromatic nitrogens is 3. The molecule has 0 unspecified atom stereocenters. The third kappa shape index (κ3) is 5.24. The fourth-order valence-electron chi connectivity index (χ4n) is 2.97. The quantitative estimate of drug-likeness (QED) is 0.403. The first-order chi connectivity index (χ1) is 15.5. The molecule has 0 aliphatic carbocycles. The third-order valence-electron chi connectivity index (χ3n) is 4.99. The molecular formula is C22H23FN6O4. The smallest absolute Gasteiger partial charge is 0.325 e. The van der Waals surface area contributed by atoms with E-state index in [1.54, 1.807) is 22.7 Å². The fraction of sp³-hybridized carbons (Fsp3) is 0.318. The van der Waals surface area contributed by atoms with Gasteiger partial charge in [-0.2, -0.15) is 10.4 Å². The second-order valence-corrected chi connectivity index (χ2v) is 8.06. The minimum Gasteiger partial charge on any atom is -0.480 e. The molecule has 4 N–H and O–H groups in total. The number of hydrogen-bond acceptors (Lipinski definition) is 7. The Morgan fingerprint density at radius 3 is 2.67 bits per heavy atom. The van der Waals surface area contributed by atoms with Gasteiger partial charge < -0.3 is 20.8 Å². The van der Waals surface area contributed by atoms with Gasteiger partial charge in [0.15, 0.2) is 0 Å². The number of carboxylic acid groups (broad SMARTS) is 1. The number of anilines is 1. The Kier molecular flexibility index (Phi) is 6.60. The number of carbonyl (C=O) groups excluding carboxylic acids is 1. The first-order valence-corrected chi connectivity index (χ1v) is 10.0. The normalized spacial score (nSPS) is 13.2. The molecule has 0 aliphatic rings. The molecule has 2 atom stereocenters. The van der Waals surface area contributed by atoms with E-state index in [4.69, 9.17) is 5.26 Å². The van der Waals surface area contributed by atoms with Crippen molar-refractivity contribution in [3.8, 4) is 17.5 Å². The third-order valence-corrected chi connectivity index (χ3v) is 4.99. The molecule has 3 heterocycles. The number of aliphatic carboxylic acids is 1. The zero-order valence-corrected chi connectivity index (χ0v) is 18.2. The van der Waals surface area contributed by atoms with Gasteiger partial charge in [0.25, 0.3) is 5.91 Å². The SMILES string of the molecule is C[C@H](Nc1cc(-c2ccc3cc(C#N)cnn23)ncc1C(=O)NC[C@@H](F)C(C)(C)O)C(=O)O. The average molecular weight is 454 g/mol. The highest BCUT2D eigenvalue weighted by Crippen LogP contribution is 2.26. The van der Waals surface area contributed by atoms with Crippen LogP contribution in [-0.4, -0.2) is 61.0 Å². The van der Waals surface area contributed by atoms with E-state index in [2.05, 4.69) is 20.7 Å². The van der Waals surface area contributed by atoms with Crippen LogP contribution in [0.1, 0.15) is 36.7 Å². The van der Waals surface area contributed by atoms with Crippen molar-refractivity contribution in [1.29, 1.82) is 5.26 Å². The molecule has 0 spiro atoms. The fourth-order valence-corrected chi connectivity index (χ4v) is 2.97. The molecule has 0 radical (unpaired) electrons. The van der Waals surface area contributed by atoms with E-state index in [1.165, 1.54) is 39.2 Å². The molecule has 3 rings (SSSR count). The Bertz CT molecular complexity index is 1240. The zero-order chi connectivity index (χ0) is 24.3. The molecule has 0 bridgehead atoms. The van der Waals surface area contributed by atoms with Gasteiger partial charge in [0.1, 0.15) is 18.3 Å². The van der Waals surface area contributed by atoms with Crippen LogP contribution in [0.4, 0.5) is 10.1 Å². The molecular weight excluding hydrogens is 431 g/mol. The number of halogens is 1. The number of nitriles is 1. The number of nitrogens with zero attached hydrogens (tertiary/aromatic N) is 4. The Morgan fingerprint density at radius 1 is 1.30 bits per heavy atom. The second kappa shape index (κ2) is 9.22. The van der Waals surface area contributed by atoms with Crippen molar-refractivity contribution < 1.29 is 24.2 Å². The predicted octanol–water partition coefficient (Wildman–Crippen LogP) is 1.99. The van der Waals surface area contributed by atoms with Crippen molar-refractivity contribution in [2.45, 2.75) is 38.6 Å². The number of carboxylic acids is 1. The highest BCUT2D eigenvalue weighted by Gasteiger charge is 2.27. The first kappa shape index (κ1) is 23.6. The summed E-state index contributed by atoms with van der Waals surface area (Å²) < 4.78 is 15.6. The van der Waals surface area contributed by atoms with Crippen molar-refractivity contribution in [1.82, 2.24) is 19.9 Å². The van der Waals surface area contributed by atoms with Crippen LogP contribution >= 0.6 is 0 Å². The topological polar surface area (TPSA) is 153 Å². The lowest BCUT2D eigenvalue weighted by molar-refractivity contribution is -0.137. The van der Waals surface area contributed by atoms with E-state index in [9.17, 15) is 24.2 Å². The van der Waals surface area contributed by atoms with E-state index >= 15 is 0 Å². The number of amides is 1. The number of alkyl halides is 1. The zero-order valence-electron chi connectivity index (χ0n) is 18.2. The first-order valence-electron chi connectivity index (χ1n) is 10.0. The lowest BCUT2D eigenvalue weighted by Crippen LogP contribution is -2.42. The van der Waals surface area contributed by atoms with Crippen LogP contribution in [-0.2, 0) is 4.79 Å². The molecule has 10 nitrogen and oxygen atoms in total. The van der Waals surface area contributed by atoms with Crippen LogP contribution in [0.15, 0.2) is 36.7 Å². The van der Waals surface area contributed by atoms with Crippen LogP contribution in [0.2, 0.25) is 0 Å². The summed E-state index contributed by atoms with van der Waals surface area (Å²) in [6, 6.07) is 7.61. The highest BCUT2D eigenvalue weighted by molar-refractivity contribution is 6.00. The van der Waals surface area contributed by atoms with E-state index in [1.807, 2.05) is 6.07 Å². The summed E-state index contributed by atoms with van der Waals surface area (Å²) in [5.41, 5.74) is 0.540. The molecule has 11 heteroatoms. The lowest BCUT2D eigenvalue weighted by Gasteiger charge is -2.23. The largest absolute Gasteiger partial charge is 0.480 e. The Balaban J connectivity index is 1.98. The maximum Gasteiger partial charge on any atom is 0.325 e. The van der Waals surface area contributed by atoms with Gasteiger partial charge in [-0.05, 0) is 45.0 Å². The number of carbonyl (C=O) groups is 2. The van der Waals surface area contributed by atoms with Gasteiger partial charge >= 0.3 is 5.97 Å². The molecule has 0 aliphatic heterocycles. The molecule has 0 aromatic carbocycles. The van der Waals surface area contributed by atoms with Gasteiger partial charge in [0, 0.05) is 6.20 Å². The molecule has 0 saturated heterocycles. The van der Waals surface area contributed by atoms with Crippen molar-refractivity contribution in [3.05, 3.63) is 47.8 Å². The van der Waals surface area contributed by atoms with Crippen molar-refractivity contribution in [3.63, 3.8) is 0 Å². The van der Waals surface area contributed by atoms with Crippen LogP contribution in [0, 0.1) is 11.3 Å². The highest BCUT2D eigenvalue weighted by atomic mass is 19.1. The lowest BCUT2D eigenvalue weighted by atomic mass is 10.0. The van der Waals surface area contributed by atoms with Crippen molar-refractivity contribution in [2.75, 3.05) is 11.9 Å². The van der Waals surface area contributed by atoms with Gasteiger partial charge in [0.2, 0.25) is 0 Å². The summed E-state index contributed by atoms with van der Waals surface area (Å²) in [5, 5.41) is 37.4. The second-order valence-electron chi connectivity index (χ2n) is 8.06. The average Bonchev–Trinajstić information content (AvgIpc) is 3.19. The predicted molar refractivity (Wildman–Crippen MR) is 117 cm³/mol. The van der Waals surface area contributed by atoms with Gasteiger partial charge in [0.05, 0.1) is 52.1 Å². The van der Waals surface area contributed by atoms with Gasteiger partial charge in [-0.25, -0.2) is 8.91 Å². The van der Waals surface area contributed by atoms with Crippen LogP contribution in [0.5, 0.6) is 0 Å². The summed E-state index contributed by atoms with van der Waals surface area (Å²) in [6.45, 7) is 3.55. The Morgan fingerprint density at radius 2 is 2.03 bits per heavy atom. The Labute approximate surface area is 188 Å². The Hall–Kier alpha value is -4.04. The maximum absolute atomic E-state index is 14.1. The molecule has 3 aromatic heterocycles. The molecule has 1 amide bonds. The van der Waals surface area contributed by atoms with Gasteiger partial charge in [-0.15, -0.1) is 0 Å². The van der Waals surface area contributed by atoms with Crippen LogP contribution in [0.25, 0.3) is 16.9 Å². The van der Waals surface area contributed by atoms with Gasteiger partial charge in [-0.3, -0.25) is 14.6 Å². The minimum absolute atomic E-state index is 0.00961. The molecule has 0 fully saturated rings. The number of pyridine rings is 1. The van der Waals surface area contributed by atoms with E-state index in [0.717, 1.165) is 0 Å². The summed E-state index contributed by atoms with van der Waals surface area (Å²) >= 11 is 0. The monoisotopic (exact) mass is 454 g/mol. The molecule has 172 valence electrons. The van der Waals surface area contributed by atoms with Gasteiger partial charge in [-0.1, -0.05) is 0 Å². The van der Waals surface area contributed by atoms with Crippen LogP contribution in [0.3, 0.4) is 0 Å². The number of fused-ring (bicyclic) bond motifs is 1. The summed E-state index contributed by atoms with van der Waals surface area (Å²) in [6.07, 6.45) is 0.946.